The molecule has 0 aliphatic carbocycles. The van der Waals surface area contributed by atoms with E-state index in [4.69, 9.17) is 0 Å². The number of aromatic nitrogens is 2. The molecular formula is C9H14N2. The molecule has 0 spiro atoms. The van der Waals surface area contributed by atoms with Gasteiger partial charge >= 0.3 is 0 Å². The van der Waals surface area contributed by atoms with Gasteiger partial charge in [-0.3, -0.25) is 0 Å². The standard InChI is InChI=1S/C9H14N2/c1-4-7(2)9-5-10-6-11-8(9)3/h5-7H,4H2,1-3H3/t7-/m1/s1. The summed E-state index contributed by atoms with van der Waals surface area (Å²) in [5.74, 6) is 0.580. The third-order valence-electron chi connectivity index (χ3n) is 2.09. The fraction of sp³-hybridized carbons (Fsp3) is 0.556. The topological polar surface area (TPSA) is 25.8 Å². The summed E-state index contributed by atoms with van der Waals surface area (Å²) in [6.45, 7) is 6.41. The van der Waals surface area contributed by atoms with Gasteiger partial charge in [0.1, 0.15) is 6.33 Å². The van der Waals surface area contributed by atoms with Crippen LogP contribution in [0.3, 0.4) is 0 Å². The van der Waals surface area contributed by atoms with Gasteiger partial charge in [-0.2, -0.15) is 0 Å². The Morgan fingerprint density at radius 2 is 2.27 bits per heavy atom. The van der Waals surface area contributed by atoms with Crippen LogP contribution in [0.1, 0.15) is 37.4 Å². The summed E-state index contributed by atoms with van der Waals surface area (Å²) in [4.78, 5) is 8.14. The van der Waals surface area contributed by atoms with E-state index >= 15 is 0 Å². The molecule has 0 N–H and O–H groups in total. The minimum Gasteiger partial charge on any atom is -0.245 e. The van der Waals surface area contributed by atoms with Crippen LogP contribution in [0.4, 0.5) is 0 Å². The van der Waals surface area contributed by atoms with Gasteiger partial charge in [0.15, 0.2) is 0 Å². The van der Waals surface area contributed by atoms with E-state index in [9.17, 15) is 0 Å². The highest BCUT2D eigenvalue weighted by atomic mass is 14.8. The first-order chi connectivity index (χ1) is 5.25. The summed E-state index contributed by atoms with van der Waals surface area (Å²) < 4.78 is 0. The average molecular weight is 150 g/mol. The third-order valence-corrected chi connectivity index (χ3v) is 2.09. The molecule has 1 aromatic rings. The molecule has 0 aliphatic heterocycles. The van der Waals surface area contributed by atoms with Crippen LogP contribution in [0.5, 0.6) is 0 Å². The Morgan fingerprint density at radius 1 is 1.55 bits per heavy atom. The lowest BCUT2D eigenvalue weighted by atomic mass is 9.99. The zero-order chi connectivity index (χ0) is 8.27. The molecule has 11 heavy (non-hydrogen) atoms. The predicted molar refractivity (Wildman–Crippen MR) is 45.5 cm³/mol. The van der Waals surface area contributed by atoms with E-state index in [2.05, 4.69) is 23.8 Å². The summed E-state index contributed by atoms with van der Waals surface area (Å²) in [6, 6.07) is 0. The molecule has 2 nitrogen and oxygen atoms in total. The van der Waals surface area contributed by atoms with E-state index in [0.717, 1.165) is 12.1 Å². The maximum Gasteiger partial charge on any atom is 0.115 e. The maximum absolute atomic E-state index is 4.14. The quantitative estimate of drug-likeness (QED) is 0.646. The van der Waals surface area contributed by atoms with Gasteiger partial charge in [-0.25, -0.2) is 9.97 Å². The number of rotatable bonds is 2. The Balaban J connectivity index is 2.93. The van der Waals surface area contributed by atoms with Crippen molar-refractivity contribution in [3.63, 3.8) is 0 Å². The lowest BCUT2D eigenvalue weighted by Crippen LogP contribution is -1.97. The van der Waals surface area contributed by atoms with E-state index in [1.54, 1.807) is 6.33 Å². The second kappa shape index (κ2) is 3.46. The summed E-state index contributed by atoms with van der Waals surface area (Å²) in [7, 11) is 0. The minimum atomic E-state index is 0.580. The lowest BCUT2D eigenvalue weighted by molar-refractivity contribution is 0.716. The molecule has 1 atom stereocenters. The van der Waals surface area contributed by atoms with Crippen molar-refractivity contribution in [3.05, 3.63) is 23.8 Å². The van der Waals surface area contributed by atoms with E-state index in [1.807, 2.05) is 13.1 Å². The first kappa shape index (κ1) is 8.18. The molecule has 1 rings (SSSR count). The molecule has 0 unspecified atom stereocenters. The molecular weight excluding hydrogens is 136 g/mol. The SMILES string of the molecule is CC[C@@H](C)c1cncnc1C. The van der Waals surface area contributed by atoms with Crippen molar-refractivity contribution in [2.75, 3.05) is 0 Å². The van der Waals surface area contributed by atoms with Gasteiger partial charge in [-0.05, 0) is 24.8 Å². The molecule has 0 bridgehead atoms. The summed E-state index contributed by atoms with van der Waals surface area (Å²) in [5, 5.41) is 0. The van der Waals surface area contributed by atoms with Crippen LogP contribution < -0.4 is 0 Å². The van der Waals surface area contributed by atoms with E-state index in [1.165, 1.54) is 5.56 Å². The maximum atomic E-state index is 4.14. The van der Waals surface area contributed by atoms with Crippen LogP contribution in [-0.2, 0) is 0 Å². The molecule has 0 radical (unpaired) electrons. The number of hydrogen-bond acceptors (Lipinski definition) is 2. The number of aryl methyl sites for hydroxylation is 1. The third kappa shape index (κ3) is 1.76. The predicted octanol–water partition coefficient (Wildman–Crippen LogP) is 2.30. The largest absolute Gasteiger partial charge is 0.245 e. The van der Waals surface area contributed by atoms with Crippen molar-refractivity contribution in [2.45, 2.75) is 33.1 Å². The van der Waals surface area contributed by atoms with E-state index < -0.39 is 0 Å². The Hall–Kier alpha value is -0.920. The van der Waals surface area contributed by atoms with Gasteiger partial charge in [-0.15, -0.1) is 0 Å². The zero-order valence-electron chi connectivity index (χ0n) is 7.33. The van der Waals surface area contributed by atoms with Crippen LogP contribution >= 0.6 is 0 Å². The number of nitrogens with zero attached hydrogens (tertiary/aromatic N) is 2. The fourth-order valence-corrected chi connectivity index (χ4v) is 1.11. The highest BCUT2D eigenvalue weighted by Crippen LogP contribution is 2.18. The molecule has 0 aromatic carbocycles. The normalized spacial score (nSPS) is 13.0. The highest BCUT2D eigenvalue weighted by molar-refractivity contribution is 5.18. The molecule has 1 heterocycles. The van der Waals surface area contributed by atoms with Gasteiger partial charge in [0.2, 0.25) is 0 Å². The highest BCUT2D eigenvalue weighted by Gasteiger charge is 2.05. The van der Waals surface area contributed by atoms with Crippen LogP contribution in [0.2, 0.25) is 0 Å². The minimum absolute atomic E-state index is 0.580. The van der Waals surface area contributed by atoms with Crippen LogP contribution in [0, 0.1) is 6.92 Å². The van der Waals surface area contributed by atoms with Crippen molar-refractivity contribution in [2.24, 2.45) is 0 Å². The first-order valence-corrected chi connectivity index (χ1v) is 4.02. The summed E-state index contributed by atoms with van der Waals surface area (Å²) >= 11 is 0. The van der Waals surface area contributed by atoms with Crippen molar-refractivity contribution < 1.29 is 0 Å². The van der Waals surface area contributed by atoms with Crippen molar-refractivity contribution >= 4 is 0 Å². The molecule has 0 amide bonds. The second-order valence-corrected chi connectivity index (χ2v) is 2.87. The van der Waals surface area contributed by atoms with Crippen molar-refractivity contribution in [3.8, 4) is 0 Å². The van der Waals surface area contributed by atoms with Crippen molar-refractivity contribution in [1.29, 1.82) is 0 Å². The Kier molecular flexibility index (Phi) is 2.58. The molecule has 0 aliphatic rings. The molecule has 0 fully saturated rings. The summed E-state index contributed by atoms with van der Waals surface area (Å²) in [5.41, 5.74) is 2.38. The molecule has 0 saturated carbocycles. The zero-order valence-corrected chi connectivity index (χ0v) is 7.33. The fourth-order valence-electron chi connectivity index (χ4n) is 1.11. The van der Waals surface area contributed by atoms with Crippen molar-refractivity contribution in [1.82, 2.24) is 9.97 Å². The Labute approximate surface area is 67.7 Å². The summed E-state index contributed by atoms with van der Waals surface area (Å²) in [6.07, 6.45) is 4.66. The Bertz CT molecular complexity index is 233. The smallest absolute Gasteiger partial charge is 0.115 e. The first-order valence-electron chi connectivity index (χ1n) is 4.02. The Morgan fingerprint density at radius 3 is 2.82 bits per heavy atom. The monoisotopic (exact) mass is 150 g/mol. The number of hydrogen-bond donors (Lipinski definition) is 0. The van der Waals surface area contributed by atoms with Crippen LogP contribution in [0.25, 0.3) is 0 Å². The van der Waals surface area contributed by atoms with E-state index in [0.29, 0.717) is 5.92 Å². The lowest BCUT2D eigenvalue weighted by Gasteiger charge is -2.09. The molecule has 60 valence electrons. The molecule has 2 heteroatoms. The average Bonchev–Trinajstić information content (AvgIpc) is 2.04. The molecule has 0 saturated heterocycles. The van der Waals surface area contributed by atoms with E-state index in [-0.39, 0.29) is 0 Å². The van der Waals surface area contributed by atoms with Gasteiger partial charge in [0, 0.05) is 11.9 Å². The molecule has 1 aromatic heterocycles. The van der Waals surface area contributed by atoms with Gasteiger partial charge in [0.05, 0.1) is 0 Å². The van der Waals surface area contributed by atoms with Crippen LogP contribution in [0.15, 0.2) is 12.5 Å². The van der Waals surface area contributed by atoms with Gasteiger partial charge in [0.25, 0.3) is 0 Å². The van der Waals surface area contributed by atoms with Gasteiger partial charge in [-0.1, -0.05) is 13.8 Å². The van der Waals surface area contributed by atoms with Crippen LogP contribution in [-0.4, -0.2) is 9.97 Å². The van der Waals surface area contributed by atoms with Gasteiger partial charge < -0.3 is 0 Å². The second-order valence-electron chi connectivity index (χ2n) is 2.87.